The van der Waals surface area contributed by atoms with Crippen LogP contribution in [0.5, 0.6) is 11.6 Å². The molecule has 2 N–H and O–H groups in total. The van der Waals surface area contributed by atoms with E-state index < -0.39 is 5.97 Å². The lowest BCUT2D eigenvalue weighted by Crippen LogP contribution is -2.29. The van der Waals surface area contributed by atoms with Crippen molar-refractivity contribution in [3.63, 3.8) is 0 Å². The topological polar surface area (TPSA) is 137 Å². The molecule has 0 bridgehead atoms. The van der Waals surface area contributed by atoms with Gasteiger partial charge in [0.2, 0.25) is 11.8 Å². The van der Waals surface area contributed by atoms with Crippen LogP contribution < -0.4 is 14.8 Å². The summed E-state index contributed by atoms with van der Waals surface area (Å²) in [6, 6.07) is 5.47. The van der Waals surface area contributed by atoms with E-state index in [9.17, 15) is 9.90 Å². The Labute approximate surface area is 203 Å². The molecule has 11 nitrogen and oxygen atoms in total. The Bertz CT molecular complexity index is 1170. The molecule has 3 aromatic heterocycles. The van der Waals surface area contributed by atoms with Crippen LogP contribution in [-0.4, -0.2) is 53.7 Å². The maximum atomic E-state index is 11.4. The second kappa shape index (κ2) is 11.1. The zero-order valence-corrected chi connectivity index (χ0v) is 20.3. The third-order valence-electron chi connectivity index (χ3n) is 6.06. The van der Waals surface area contributed by atoms with E-state index in [4.69, 9.17) is 14.5 Å². The number of rotatable bonds is 10. The van der Waals surface area contributed by atoms with Crippen molar-refractivity contribution in [2.24, 2.45) is 13.0 Å². The van der Waals surface area contributed by atoms with Crippen molar-refractivity contribution in [2.75, 3.05) is 11.9 Å². The molecule has 1 fully saturated rings. The number of nitrogens with one attached hydrogen (secondary N) is 1. The molecule has 1 aliphatic carbocycles. The lowest BCUT2D eigenvalue weighted by atomic mass is 9.87. The van der Waals surface area contributed by atoms with Crippen molar-refractivity contribution in [3.8, 4) is 23.0 Å². The Morgan fingerprint density at radius 3 is 2.86 bits per heavy atom. The molecular weight excluding hydrogens is 450 g/mol. The highest BCUT2D eigenvalue weighted by atomic mass is 16.5. The summed E-state index contributed by atoms with van der Waals surface area (Å²) in [4.78, 5) is 24.8. The number of pyridine rings is 1. The summed E-state index contributed by atoms with van der Waals surface area (Å²) in [7, 11) is 1.82. The summed E-state index contributed by atoms with van der Waals surface area (Å²) in [5, 5.41) is 21.1. The molecule has 0 aliphatic heterocycles. The zero-order valence-electron chi connectivity index (χ0n) is 20.3. The standard InChI is InChI=1S/C24H31N7O4/c1-4-17-20(35-16-8-6-7-15(13-16)23(32)33)10-9-18(27-17)22-19(31(3)30-29-22)14-26-24-25-12-11-21(28-24)34-5-2/h9-12,15-16H,4-8,13-14H2,1-3H3,(H,32,33)(H,25,26,28)/t15-,16-/m0/s1. The van der Waals surface area contributed by atoms with Crippen molar-refractivity contribution in [1.82, 2.24) is 29.9 Å². The minimum absolute atomic E-state index is 0.119. The van der Waals surface area contributed by atoms with E-state index in [0.29, 0.717) is 61.4 Å². The van der Waals surface area contributed by atoms with Gasteiger partial charge in [0.1, 0.15) is 11.4 Å². The molecule has 0 aromatic carbocycles. The molecule has 2 atom stereocenters. The van der Waals surface area contributed by atoms with Gasteiger partial charge in [0.25, 0.3) is 0 Å². The number of carbonyl (C=O) groups is 1. The Morgan fingerprint density at radius 1 is 1.23 bits per heavy atom. The van der Waals surface area contributed by atoms with E-state index in [1.54, 1.807) is 16.9 Å². The largest absolute Gasteiger partial charge is 0.488 e. The number of aromatic nitrogens is 6. The van der Waals surface area contributed by atoms with Crippen LogP contribution in [0.4, 0.5) is 5.95 Å². The van der Waals surface area contributed by atoms with Crippen molar-refractivity contribution in [3.05, 3.63) is 35.8 Å². The van der Waals surface area contributed by atoms with Crippen LogP contribution in [-0.2, 0) is 24.8 Å². The zero-order chi connectivity index (χ0) is 24.8. The highest BCUT2D eigenvalue weighted by Crippen LogP contribution is 2.31. The fourth-order valence-electron chi connectivity index (χ4n) is 4.23. The van der Waals surface area contributed by atoms with E-state index in [1.807, 2.05) is 33.0 Å². The first kappa shape index (κ1) is 24.4. The molecule has 3 aromatic rings. The number of nitrogens with zero attached hydrogens (tertiary/aromatic N) is 6. The second-order valence-corrected chi connectivity index (χ2v) is 8.45. The fourth-order valence-corrected chi connectivity index (χ4v) is 4.23. The summed E-state index contributed by atoms with van der Waals surface area (Å²) in [6.45, 7) is 4.84. The number of aryl methyl sites for hydroxylation is 2. The second-order valence-electron chi connectivity index (χ2n) is 8.45. The number of hydrogen-bond donors (Lipinski definition) is 2. The number of anilines is 1. The third-order valence-corrected chi connectivity index (χ3v) is 6.06. The van der Waals surface area contributed by atoms with Crippen molar-refractivity contribution >= 4 is 11.9 Å². The van der Waals surface area contributed by atoms with Crippen molar-refractivity contribution in [2.45, 2.75) is 58.6 Å². The number of carboxylic acids is 1. The molecule has 186 valence electrons. The summed E-state index contributed by atoms with van der Waals surface area (Å²) in [5.41, 5.74) is 2.98. The lowest BCUT2D eigenvalue weighted by molar-refractivity contribution is -0.143. The van der Waals surface area contributed by atoms with Gasteiger partial charge in [0.15, 0.2) is 0 Å². The number of carboxylic acid groups (broad SMARTS) is 1. The Morgan fingerprint density at radius 2 is 2.09 bits per heavy atom. The van der Waals surface area contributed by atoms with E-state index in [-0.39, 0.29) is 12.0 Å². The monoisotopic (exact) mass is 481 g/mol. The van der Waals surface area contributed by atoms with Crippen molar-refractivity contribution in [1.29, 1.82) is 0 Å². The van der Waals surface area contributed by atoms with Crippen LogP contribution in [0.1, 0.15) is 50.9 Å². The SMILES string of the molecule is CCOc1ccnc(NCc2c(-c3ccc(O[C@H]4CCC[C@H](C(=O)O)C4)c(CC)n3)nnn2C)n1. The first-order valence-corrected chi connectivity index (χ1v) is 12.0. The van der Waals surface area contributed by atoms with Gasteiger partial charge in [-0.3, -0.25) is 4.79 Å². The summed E-state index contributed by atoms with van der Waals surface area (Å²) < 4.78 is 13.3. The quantitative estimate of drug-likeness (QED) is 0.444. The Hall–Kier alpha value is -3.76. The average molecular weight is 482 g/mol. The molecule has 3 heterocycles. The van der Waals surface area contributed by atoms with Crippen LogP contribution in [0.25, 0.3) is 11.4 Å². The van der Waals surface area contributed by atoms with Crippen LogP contribution in [0, 0.1) is 5.92 Å². The van der Waals surface area contributed by atoms with Gasteiger partial charge in [-0.05, 0) is 51.2 Å². The molecule has 4 rings (SSSR count). The molecule has 0 unspecified atom stereocenters. The Kier molecular flexibility index (Phi) is 7.74. The summed E-state index contributed by atoms with van der Waals surface area (Å²) in [6.07, 6.45) is 5.12. The van der Waals surface area contributed by atoms with Gasteiger partial charge >= 0.3 is 5.97 Å². The van der Waals surface area contributed by atoms with Crippen LogP contribution in [0.2, 0.25) is 0 Å². The Balaban J connectivity index is 1.50. The molecule has 0 amide bonds. The first-order valence-electron chi connectivity index (χ1n) is 12.0. The number of ether oxygens (including phenoxy) is 2. The molecule has 1 aliphatic rings. The van der Waals surface area contributed by atoms with E-state index >= 15 is 0 Å². The maximum Gasteiger partial charge on any atom is 0.306 e. The molecular formula is C24H31N7O4. The van der Waals surface area contributed by atoms with E-state index in [1.165, 1.54) is 0 Å². The van der Waals surface area contributed by atoms with E-state index in [2.05, 4.69) is 25.6 Å². The lowest BCUT2D eigenvalue weighted by Gasteiger charge is -2.28. The summed E-state index contributed by atoms with van der Waals surface area (Å²) in [5.74, 6) is 0.546. The molecule has 0 spiro atoms. The molecule has 35 heavy (non-hydrogen) atoms. The molecule has 0 saturated heterocycles. The average Bonchev–Trinajstić information content (AvgIpc) is 3.23. The highest BCUT2D eigenvalue weighted by Gasteiger charge is 2.28. The van der Waals surface area contributed by atoms with Crippen LogP contribution >= 0.6 is 0 Å². The van der Waals surface area contributed by atoms with Crippen LogP contribution in [0.3, 0.4) is 0 Å². The van der Waals surface area contributed by atoms with Gasteiger partial charge < -0.3 is 19.9 Å². The van der Waals surface area contributed by atoms with Gasteiger partial charge in [-0.25, -0.2) is 14.6 Å². The smallest absolute Gasteiger partial charge is 0.306 e. The molecule has 0 radical (unpaired) electrons. The maximum absolute atomic E-state index is 11.4. The van der Waals surface area contributed by atoms with Gasteiger partial charge in [-0.2, -0.15) is 4.98 Å². The fraction of sp³-hybridized carbons (Fsp3) is 0.500. The third kappa shape index (κ3) is 5.84. The minimum Gasteiger partial charge on any atom is -0.488 e. The summed E-state index contributed by atoms with van der Waals surface area (Å²) >= 11 is 0. The predicted molar refractivity (Wildman–Crippen MR) is 128 cm³/mol. The predicted octanol–water partition coefficient (Wildman–Crippen LogP) is 3.26. The minimum atomic E-state index is -0.749. The highest BCUT2D eigenvalue weighted by molar-refractivity contribution is 5.70. The van der Waals surface area contributed by atoms with E-state index in [0.717, 1.165) is 24.2 Å². The van der Waals surface area contributed by atoms with Gasteiger partial charge in [-0.15, -0.1) is 5.10 Å². The van der Waals surface area contributed by atoms with Gasteiger partial charge in [0, 0.05) is 19.3 Å². The van der Waals surface area contributed by atoms with Crippen LogP contribution in [0.15, 0.2) is 24.4 Å². The van der Waals surface area contributed by atoms with Gasteiger partial charge in [-0.1, -0.05) is 12.1 Å². The van der Waals surface area contributed by atoms with Gasteiger partial charge in [0.05, 0.1) is 42.3 Å². The van der Waals surface area contributed by atoms with Crippen molar-refractivity contribution < 1.29 is 19.4 Å². The number of hydrogen-bond acceptors (Lipinski definition) is 9. The normalized spacial score (nSPS) is 17.7. The molecule has 1 saturated carbocycles. The number of aliphatic carboxylic acids is 1. The first-order chi connectivity index (χ1) is 17.0. The molecule has 11 heteroatoms.